The summed E-state index contributed by atoms with van der Waals surface area (Å²) in [7, 11) is -1.59. The van der Waals surface area contributed by atoms with E-state index in [1.807, 2.05) is 0 Å². The van der Waals surface area contributed by atoms with Gasteiger partial charge in [-0.3, -0.25) is 0 Å². The number of sulfonamides is 1. The molecule has 112 valence electrons. The van der Waals surface area contributed by atoms with Crippen molar-refractivity contribution < 1.29 is 13.2 Å². The van der Waals surface area contributed by atoms with Gasteiger partial charge in [0.05, 0.1) is 11.9 Å². The van der Waals surface area contributed by atoms with Crippen molar-refractivity contribution in [2.24, 2.45) is 5.73 Å². The molecule has 1 heterocycles. The summed E-state index contributed by atoms with van der Waals surface area (Å²) in [6.45, 7) is 1.10. The molecule has 0 aromatic rings. The zero-order chi connectivity index (χ0) is 13.9. The van der Waals surface area contributed by atoms with Gasteiger partial charge in [0.25, 0.3) is 0 Å². The van der Waals surface area contributed by atoms with E-state index in [-0.39, 0.29) is 17.4 Å². The summed E-state index contributed by atoms with van der Waals surface area (Å²) < 4.78 is 32.1. The normalized spacial score (nSPS) is 27.8. The Hall–Kier alpha value is -0.170. The third-order valence-electron chi connectivity index (χ3n) is 4.67. The summed E-state index contributed by atoms with van der Waals surface area (Å²) in [5.74, 6) is 0.102. The molecule has 0 aromatic heterocycles. The van der Waals surface area contributed by atoms with E-state index >= 15 is 0 Å². The minimum absolute atomic E-state index is 0.102. The average molecular weight is 290 g/mol. The zero-order valence-corrected chi connectivity index (χ0v) is 12.6. The average Bonchev–Trinajstić information content (AvgIpc) is 2.90. The van der Waals surface area contributed by atoms with Crippen molar-refractivity contribution in [3.8, 4) is 0 Å². The lowest BCUT2D eigenvalue weighted by Crippen LogP contribution is -2.56. The Morgan fingerprint density at radius 1 is 1.26 bits per heavy atom. The fourth-order valence-electron chi connectivity index (χ4n) is 3.28. The third-order valence-corrected chi connectivity index (χ3v) is 6.68. The lowest BCUT2D eigenvalue weighted by molar-refractivity contribution is 0.121. The Bertz CT molecular complexity index is 385. The fraction of sp³-hybridized carbons (Fsp3) is 1.00. The minimum Gasteiger partial charge on any atom is -0.377 e. The van der Waals surface area contributed by atoms with Crippen LogP contribution in [0.2, 0.25) is 0 Å². The van der Waals surface area contributed by atoms with E-state index in [0.29, 0.717) is 13.2 Å². The number of nitrogens with two attached hydrogens (primary N) is 1. The van der Waals surface area contributed by atoms with Crippen molar-refractivity contribution >= 4 is 10.0 Å². The van der Waals surface area contributed by atoms with Gasteiger partial charge in [0.2, 0.25) is 10.0 Å². The molecule has 2 rings (SSSR count). The molecule has 1 saturated heterocycles. The molecule has 1 aliphatic carbocycles. The molecule has 0 spiro atoms. The molecule has 5 nitrogen and oxygen atoms in total. The summed E-state index contributed by atoms with van der Waals surface area (Å²) in [5.41, 5.74) is 5.54. The molecule has 2 aliphatic rings. The minimum atomic E-state index is -3.29. The Labute approximate surface area is 116 Å². The molecule has 0 radical (unpaired) electrons. The standard InChI is InChI=1S/C13H26N2O3S/c1-15(13(11-14)7-3-2-4-8-13)19(16,17)10-12-6-5-9-18-12/h12H,2-11,14H2,1H3. The second kappa shape index (κ2) is 6.08. The molecular formula is C13H26N2O3S. The monoisotopic (exact) mass is 290 g/mol. The van der Waals surface area contributed by atoms with Crippen LogP contribution in [-0.2, 0) is 14.8 Å². The van der Waals surface area contributed by atoms with E-state index in [4.69, 9.17) is 10.5 Å². The summed E-state index contributed by atoms with van der Waals surface area (Å²) in [5, 5.41) is 0. The molecule has 0 aromatic carbocycles. The highest BCUT2D eigenvalue weighted by Gasteiger charge is 2.41. The summed E-state index contributed by atoms with van der Waals surface area (Å²) >= 11 is 0. The van der Waals surface area contributed by atoms with E-state index in [9.17, 15) is 8.42 Å². The van der Waals surface area contributed by atoms with E-state index in [0.717, 1.165) is 38.5 Å². The quantitative estimate of drug-likeness (QED) is 0.822. The van der Waals surface area contributed by atoms with Crippen LogP contribution >= 0.6 is 0 Å². The van der Waals surface area contributed by atoms with Gasteiger partial charge in [0.15, 0.2) is 0 Å². The van der Waals surface area contributed by atoms with Crippen LogP contribution in [0, 0.1) is 0 Å². The molecule has 1 unspecified atom stereocenters. The van der Waals surface area contributed by atoms with Gasteiger partial charge in [-0.15, -0.1) is 0 Å². The SMILES string of the molecule is CN(C1(CN)CCCCC1)S(=O)(=O)CC1CCCO1. The number of rotatable bonds is 5. The maximum absolute atomic E-state index is 12.5. The second-order valence-corrected chi connectivity index (χ2v) is 7.92. The van der Waals surface area contributed by atoms with Crippen LogP contribution in [0.4, 0.5) is 0 Å². The number of likely N-dealkylation sites (N-methyl/N-ethyl adjacent to an activating group) is 1. The fourth-order valence-corrected chi connectivity index (χ4v) is 5.08. The van der Waals surface area contributed by atoms with E-state index in [1.165, 1.54) is 6.42 Å². The molecule has 0 amide bonds. The Kier molecular flexibility index (Phi) is 4.87. The predicted octanol–water partition coefficient (Wildman–Crippen LogP) is 1.09. The van der Waals surface area contributed by atoms with Gasteiger partial charge in [-0.1, -0.05) is 19.3 Å². The smallest absolute Gasteiger partial charge is 0.216 e. The van der Waals surface area contributed by atoms with Crippen LogP contribution in [0.5, 0.6) is 0 Å². The molecule has 0 bridgehead atoms. The molecule has 1 aliphatic heterocycles. The lowest BCUT2D eigenvalue weighted by atomic mass is 9.82. The highest BCUT2D eigenvalue weighted by molar-refractivity contribution is 7.89. The molecule has 1 atom stereocenters. The predicted molar refractivity (Wildman–Crippen MR) is 75.4 cm³/mol. The Balaban J connectivity index is 2.08. The van der Waals surface area contributed by atoms with E-state index in [1.54, 1.807) is 11.4 Å². The van der Waals surface area contributed by atoms with Crippen LogP contribution in [-0.4, -0.2) is 50.3 Å². The number of hydrogen-bond acceptors (Lipinski definition) is 4. The highest BCUT2D eigenvalue weighted by Crippen LogP contribution is 2.34. The molecular weight excluding hydrogens is 264 g/mol. The zero-order valence-electron chi connectivity index (χ0n) is 11.8. The number of ether oxygens (including phenoxy) is 1. The van der Waals surface area contributed by atoms with Gasteiger partial charge >= 0.3 is 0 Å². The first-order valence-electron chi connectivity index (χ1n) is 7.29. The Morgan fingerprint density at radius 2 is 1.95 bits per heavy atom. The van der Waals surface area contributed by atoms with Crippen molar-refractivity contribution in [3.63, 3.8) is 0 Å². The van der Waals surface area contributed by atoms with Crippen LogP contribution in [0.1, 0.15) is 44.9 Å². The van der Waals surface area contributed by atoms with Crippen molar-refractivity contribution in [1.82, 2.24) is 4.31 Å². The van der Waals surface area contributed by atoms with Gasteiger partial charge in [0.1, 0.15) is 0 Å². The number of hydrogen-bond donors (Lipinski definition) is 1. The number of nitrogens with zero attached hydrogens (tertiary/aromatic N) is 1. The van der Waals surface area contributed by atoms with Crippen LogP contribution in [0.15, 0.2) is 0 Å². The van der Waals surface area contributed by atoms with Crippen molar-refractivity contribution in [3.05, 3.63) is 0 Å². The van der Waals surface area contributed by atoms with E-state index in [2.05, 4.69) is 0 Å². The summed E-state index contributed by atoms with van der Waals surface area (Å²) in [4.78, 5) is 0. The topological polar surface area (TPSA) is 72.6 Å². The van der Waals surface area contributed by atoms with E-state index < -0.39 is 10.0 Å². The maximum Gasteiger partial charge on any atom is 0.216 e. The Morgan fingerprint density at radius 3 is 2.47 bits per heavy atom. The van der Waals surface area contributed by atoms with Gasteiger partial charge in [-0.2, -0.15) is 4.31 Å². The van der Waals surface area contributed by atoms with Crippen molar-refractivity contribution in [2.45, 2.75) is 56.6 Å². The summed E-state index contributed by atoms with van der Waals surface area (Å²) in [6.07, 6.45) is 6.75. The van der Waals surface area contributed by atoms with Gasteiger partial charge in [-0.05, 0) is 25.7 Å². The van der Waals surface area contributed by atoms with Crippen LogP contribution in [0.3, 0.4) is 0 Å². The van der Waals surface area contributed by atoms with Gasteiger partial charge in [-0.25, -0.2) is 8.42 Å². The lowest BCUT2D eigenvalue weighted by Gasteiger charge is -2.43. The first kappa shape index (κ1) is 15.2. The van der Waals surface area contributed by atoms with Crippen molar-refractivity contribution in [2.75, 3.05) is 26.0 Å². The van der Waals surface area contributed by atoms with Gasteiger partial charge < -0.3 is 10.5 Å². The van der Waals surface area contributed by atoms with Gasteiger partial charge in [0, 0.05) is 25.7 Å². The van der Waals surface area contributed by atoms with Crippen molar-refractivity contribution in [1.29, 1.82) is 0 Å². The molecule has 2 fully saturated rings. The molecule has 1 saturated carbocycles. The highest BCUT2D eigenvalue weighted by atomic mass is 32.2. The first-order valence-corrected chi connectivity index (χ1v) is 8.89. The summed E-state index contributed by atoms with van der Waals surface area (Å²) in [6, 6.07) is 0. The third kappa shape index (κ3) is 3.29. The largest absolute Gasteiger partial charge is 0.377 e. The molecule has 6 heteroatoms. The first-order chi connectivity index (χ1) is 9.00. The molecule has 2 N–H and O–H groups in total. The second-order valence-electron chi connectivity index (χ2n) is 5.87. The van der Waals surface area contributed by atoms with Crippen LogP contribution in [0.25, 0.3) is 0 Å². The molecule has 19 heavy (non-hydrogen) atoms. The maximum atomic E-state index is 12.5. The van der Waals surface area contributed by atoms with Crippen LogP contribution < -0.4 is 5.73 Å².